The van der Waals surface area contributed by atoms with Crippen molar-refractivity contribution in [3.8, 4) is 5.75 Å². The molecule has 1 aromatic carbocycles. The van der Waals surface area contributed by atoms with Crippen LogP contribution in [0.1, 0.15) is 4.88 Å². The van der Waals surface area contributed by atoms with Crippen LogP contribution in [0.5, 0.6) is 5.75 Å². The van der Waals surface area contributed by atoms with E-state index in [0.29, 0.717) is 12.3 Å². The van der Waals surface area contributed by atoms with Gasteiger partial charge in [0.25, 0.3) is 0 Å². The lowest BCUT2D eigenvalue weighted by Gasteiger charge is -2.04. The maximum absolute atomic E-state index is 11.6. The number of aromatic hydroxyl groups is 1. The van der Waals surface area contributed by atoms with Crippen LogP contribution in [0.3, 0.4) is 0 Å². The quantitative estimate of drug-likeness (QED) is 0.827. The molecule has 18 heavy (non-hydrogen) atoms. The van der Waals surface area contributed by atoms with Gasteiger partial charge < -0.3 is 10.4 Å². The molecule has 1 aromatic heterocycles. The zero-order valence-corrected chi connectivity index (χ0v) is 11.3. The van der Waals surface area contributed by atoms with Crippen molar-refractivity contribution in [1.82, 2.24) is 5.32 Å². The van der Waals surface area contributed by atoms with Crippen molar-refractivity contribution in [2.75, 3.05) is 5.75 Å². The third kappa shape index (κ3) is 4.09. The Morgan fingerprint density at radius 2 is 2.22 bits per heavy atom. The number of amides is 1. The minimum atomic E-state index is -0.00302. The average molecular weight is 279 g/mol. The van der Waals surface area contributed by atoms with Crippen LogP contribution in [-0.2, 0) is 11.3 Å². The standard InChI is InChI=1S/C13H13NO2S2/c15-10-3-1-4-11(7-10)18-9-13(16)14-8-12-5-2-6-17-12/h1-7,15H,8-9H2,(H,14,16). The fourth-order valence-corrected chi connectivity index (χ4v) is 2.80. The number of hydrogen-bond acceptors (Lipinski definition) is 4. The van der Waals surface area contributed by atoms with Gasteiger partial charge in [-0.25, -0.2) is 0 Å². The van der Waals surface area contributed by atoms with Gasteiger partial charge in [-0.1, -0.05) is 12.1 Å². The minimum Gasteiger partial charge on any atom is -0.508 e. The van der Waals surface area contributed by atoms with Crippen LogP contribution in [-0.4, -0.2) is 16.8 Å². The first kappa shape index (κ1) is 13.0. The van der Waals surface area contributed by atoms with E-state index in [1.165, 1.54) is 11.8 Å². The molecule has 0 radical (unpaired) electrons. The molecule has 2 aromatic rings. The van der Waals surface area contributed by atoms with Crippen molar-refractivity contribution in [2.24, 2.45) is 0 Å². The van der Waals surface area contributed by atoms with Gasteiger partial charge in [-0.05, 0) is 29.6 Å². The summed E-state index contributed by atoms with van der Waals surface area (Å²) in [5.41, 5.74) is 0. The monoisotopic (exact) mass is 279 g/mol. The highest BCUT2D eigenvalue weighted by Crippen LogP contribution is 2.21. The highest BCUT2D eigenvalue weighted by Gasteiger charge is 2.03. The first-order valence-corrected chi connectivity index (χ1v) is 7.31. The Morgan fingerprint density at radius 1 is 1.33 bits per heavy atom. The number of carbonyl (C=O) groups is 1. The Balaban J connectivity index is 1.75. The van der Waals surface area contributed by atoms with E-state index in [0.717, 1.165) is 9.77 Å². The molecular weight excluding hydrogens is 266 g/mol. The summed E-state index contributed by atoms with van der Waals surface area (Å²) in [6.45, 7) is 0.580. The molecule has 0 fully saturated rings. The fourth-order valence-electron chi connectivity index (χ4n) is 1.37. The van der Waals surface area contributed by atoms with Gasteiger partial charge in [0, 0.05) is 9.77 Å². The van der Waals surface area contributed by atoms with Crippen molar-refractivity contribution >= 4 is 29.0 Å². The van der Waals surface area contributed by atoms with Crippen LogP contribution in [0.25, 0.3) is 0 Å². The molecule has 0 aliphatic carbocycles. The molecule has 1 amide bonds. The molecule has 0 aliphatic rings. The van der Waals surface area contributed by atoms with Gasteiger partial charge in [0.15, 0.2) is 0 Å². The number of phenols is 1. The highest BCUT2D eigenvalue weighted by molar-refractivity contribution is 8.00. The van der Waals surface area contributed by atoms with Crippen LogP contribution in [0.4, 0.5) is 0 Å². The Morgan fingerprint density at radius 3 is 2.94 bits per heavy atom. The van der Waals surface area contributed by atoms with E-state index in [1.807, 2.05) is 23.6 Å². The lowest BCUT2D eigenvalue weighted by Crippen LogP contribution is -2.24. The fraction of sp³-hybridized carbons (Fsp3) is 0.154. The number of thioether (sulfide) groups is 1. The molecule has 0 saturated heterocycles. The maximum atomic E-state index is 11.6. The van der Waals surface area contributed by atoms with E-state index in [4.69, 9.17) is 0 Å². The lowest BCUT2D eigenvalue weighted by atomic mass is 10.3. The van der Waals surface area contributed by atoms with E-state index in [2.05, 4.69) is 5.32 Å². The zero-order chi connectivity index (χ0) is 12.8. The number of carbonyl (C=O) groups excluding carboxylic acids is 1. The normalized spacial score (nSPS) is 10.2. The molecule has 2 N–H and O–H groups in total. The van der Waals surface area contributed by atoms with Crippen LogP contribution < -0.4 is 5.32 Å². The zero-order valence-electron chi connectivity index (χ0n) is 9.63. The molecule has 0 spiro atoms. The lowest BCUT2D eigenvalue weighted by molar-refractivity contribution is -0.118. The van der Waals surface area contributed by atoms with Crippen molar-refractivity contribution < 1.29 is 9.90 Å². The molecule has 0 saturated carbocycles. The first-order chi connectivity index (χ1) is 8.74. The van der Waals surface area contributed by atoms with Crippen LogP contribution in [0, 0.1) is 0 Å². The Kier molecular flexibility index (Phi) is 4.66. The molecule has 0 atom stereocenters. The highest BCUT2D eigenvalue weighted by atomic mass is 32.2. The van der Waals surface area contributed by atoms with Crippen molar-refractivity contribution in [1.29, 1.82) is 0 Å². The SMILES string of the molecule is O=C(CSc1cccc(O)c1)NCc1cccs1. The van der Waals surface area contributed by atoms with Gasteiger partial charge in [-0.15, -0.1) is 23.1 Å². The average Bonchev–Trinajstić information content (AvgIpc) is 2.87. The van der Waals surface area contributed by atoms with Gasteiger partial charge >= 0.3 is 0 Å². The molecule has 0 unspecified atom stereocenters. The van der Waals surface area contributed by atoms with Crippen LogP contribution >= 0.6 is 23.1 Å². The first-order valence-electron chi connectivity index (χ1n) is 5.45. The second-order valence-corrected chi connectivity index (χ2v) is 5.72. The Hall–Kier alpha value is -1.46. The summed E-state index contributed by atoms with van der Waals surface area (Å²) in [6.07, 6.45) is 0. The molecule has 94 valence electrons. The summed E-state index contributed by atoms with van der Waals surface area (Å²) in [4.78, 5) is 13.6. The van der Waals surface area contributed by atoms with Gasteiger partial charge in [0.05, 0.1) is 12.3 Å². The summed E-state index contributed by atoms with van der Waals surface area (Å²) in [6, 6.07) is 10.9. The van der Waals surface area contributed by atoms with Crippen molar-refractivity contribution in [2.45, 2.75) is 11.4 Å². The minimum absolute atomic E-state index is 0.00302. The second-order valence-electron chi connectivity index (χ2n) is 3.64. The molecule has 3 nitrogen and oxygen atoms in total. The van der Waals surface area contributed by atoms with E-state index in [9.17, 15) is 9.90 Å². The summed E-state index contributed by atoms with van der Waals surface area (Å²) >= 11 is 3.04. The summed E-state index contributed by atoms with van der Waals surface area (Å²) in [7, 11) is 0. The third-order valence-corrected chi connectivity index (χ3v) is 4.10. The summed E-state index contributed by atoms with van der Waals surface area (Å²) < 4.78 is 0. The Labute approximate surface area is 114 Å². The molecule has 5 heteroatoms. The van der Waals surface area contributed by atoms with Gasteiger partial charge in [-0.3, -0.25) is 4.79 Å². The number of benzene rings is 1. The largest absolute Gasteiger partial charge is 0.508 e. The predicted octanol–water partition coefficient (Wildman–Crippen LogP) is 2.86. The van der Waals surface area contributed by atoms with Gasteiger partial charge in [0.1, 0.15) is 5.75 Å². The number of rotatable bonds is 5. The van der Waals surface area contributed by atoms with Crippen molar-refractivity contribution in [3.63, 3.8) is 0 Å². The molecule has 0 aliphatic heterocycles. The number of nitrogens with one attached hydrogen (secondary N) is 1. The number of hydrogen-bond donors (Lipinski definition) is 2. The van der Waals surface area contributed by atoms with Crippen LogP contribution in [0.2, 0.25) is 0 Å². The summed E-state index contributed by atoms with van der Waals surface area (Å²) in [5.74, 6) is 0.574. The number of phenolic OH excluding ortho intramolecular Hbond substituents is 1. The van der Waals surface area contributed by atoms with E-state index < -0.39 is 0 Å². The summed E-state index contributed by atoms with van der Waals surface area (Å²) in [5, 5.41) is 14.1. The maximum Gasteiger partial charge on any atom is 0.230 e. The molecular formula is C13H13NO2S2. The topological polar surface area (TPSA) is 49.3 Å². The predicted molar refractivity (Wildman–Crippen MR) is 75.0 cm³/mol. The van der Waals surface area contributed by atoms with Crippen LogP contribution in [0.15, 0.2) is 46.7 Å². The van der Waals surface area contributed by atoms with E-state index >= 15 is 0 Å². The second kappa shape index (κ2) is 6.47. The van der Waals surface area contributed by atoms with E-state index in [-0.39, 0.29) is 11.7 Å². The number of thiophene rings is 1. The smallest absolute Gasteiger partial charge is 0.230 e. The van der Waals surface area contributed by atoms with Gasteiger partial charge in [0.2, 0.25) is 5.91 Å². The van der Waals surface area contributed by atoms with Crippen molar-refractivity contribution in [3.05, 3.63) is 46.7 Å². The molecule has 2 rings (SSSR count). The van der Waals surface area contributed by atoms with E-state index in [1.54, 1.807) is 29.5 Å². The Bertz CT molecular complexity index is 511. The molecule has 0 bridgehead atoms. The molecule has 1 heterocycles. The van der Waals surface area contributed by atoms with Gasteiger partial charge in [-0.2, -0.15) is 0 Å². The third-order valence-electron chi connectivity index (χ3n) is 2.23.